The molecule has 0 radical (unpaired) electrons. The lowest BCUT2D eigenvalue weighted by atomic mass is 9.88. The number of aliphatic hydroxyl groups excluding tert-OH is 1. The van der Waals surface area contributed by atoms with E-state index in [1.54, 1.807) is 19.2 Å². The van der Waals surface area contributed by atoms with Crippen LogP contribution in [0.2, 0.25) is 0 Å². The number of methoxy groups -OCH3 is 1. The smallest absolute Gasteiger partial charge is 0.118 e. The molecule has 104 valence electrons. The molecule has 4 heteroatoms. The van der Waals surface area contributed by atoms with Gasteiger partial charge in [0, 0.05) is 6.54 Å². The first-order chi connectivity index (χ1) is 9.69. The first-order valence-corrected chi connectivity index (χ1v) is 6.57. The molecule has 0 amide bonds. The number of phenols is 1. The monoisotopic (exact) mass is 271 g/mol. The number of hydrogen-bond acceptors (Lipinski definition) is 4. The van der Waals surface area contributed by atoms with Crippen LogP contribution in [0.4, 0.5) is 0 Å². The molecule has 0 aliphatic carbocycles. The maximum atomic E-state index is 10.0. The molecule has 3 rings (SSSR count). The molecule has 20 heavy (non-hydrogen) atoms. The zero-order chi connectivity index (χ0) is 14.1. The van der Waals surface area contributed by atoms with Gasteiger partial charge in [0.25, 0.3) is 0 Å². The van der Waals surface area contributed by atoms with Gasteiger partial charge in [0.2, 0.25) is 0 Å². The van der Waals surface area contributed by atoms with Gasteiger partial charge in [-0.05, 0) is 41.0 Å². The fourth-order valence-electron chi connectivity index (χ4n) is 2.66. The minimum Gasteiger partial charge on any atom is -0.508 e. The van der Waals surface area contributed by atoms with Gasteiger partial charge >= 0.3 is 0 Å². The zero-order valence-electron chi connectivity index (χ0n) is 11.2. The zero-order valence-corrected chi connectivity index (χ0v) is 11.2. The fourth-order valence-corrected chi connectivity index (χ4v) is 2.66. The van der Waals surface area contributed by atoms with Crippen molar-refractivity contribution < 1.29 is 14.9 Å². The predicted molar refractivity (Wildman–Crippen MR) is 75.9 cm³/mol. The molecule has 0 saturated carbocycles. The molecular formula is C16H17NO3. The second-order valence-electron chi connectivity index (χ2n) is 4.94. The van der Waals surface area contributed by atoms with Crippen molar-refractivity contribution in [1.29, 1.82) is 0 Å². The molecule has 0 spiro atoms. The SMILES string of the molecule is COc1ccc([C@@H]2NC[C@H](O)c3cc(O)ccc32)cc1. The average Bonchev–Trinajstić information content (AvgIpc) is 2.48. The van der Waals surface area contributed by atoms with E-state index in [4.69, 9.17) is 4.74 Å². The lowest BCUT2D eigenvalue weighted by molar-refractivity contribution is 0.160. The van der Waals surface area contributed by atoms with Crippen LogP contribution in [0.1, 0.15) is 28.8 Å². The minimum absolute atomic E-state index is 0.0138. The summed E-state index contributed by atoms with van der Waals surface area (Å²) in [5, 5.41) is 22.9. The van der Waals surface area contributed by atoms with E-state index in [0.717, 1.165) is 22.4 Å². The molecule has 0 saturated heterocycles. The van der Waals surface area contributed by atoms with Gasteiger partial charge in [-0.2, -0.15) is 0 Å². The molecular weight excluding hydrogens is 254 g/mol. The first kappa shape index (κ1) is 13.0. The van der Waals surface area contributed by atoms with E-state index in [0.29, 0.717) is 6.54 Å². The Morgan fingerprint density at radius 2 is 1.85 bits per heavy atom. The van der Waals surface area contributed by atoms with E-state index in [2.05, 4.69) is 5.32 Å². The summed E-state index contributed by atoms with van der Waals surface area (Å²) in [6, 6.07) is 13.0. The van der Waals surface area contributed by atoms with E-state index < -0.39 is 6.10 Å². The maximum absolute atomic E-state index is 10.0. The second kappa shape index (κ2) is 5.15. The Bertz CT molecular complexity index is 610. The van der Waals surface area contributed by atoms with Gasteiger partial charge in [-0.3, -0.25) is 0 Å². The maximum Gasteiger partial charge on any atom is 0.118 e. The van der Waals surface area contributed by atoms with Crippen molar-refractivity contribution >= 4 is 0 Å². The molecule has 0 fully saturated rings. The third kappa shape index (κ3) is 2.24. The van der Waals surface area contributed by atoms with Crippen LogP contribution in [0.15, 0.2) is 42.5 Å². The van der Waals surface area contributed by atoms with Gasteiger partial charge in [0.1, 0.15) is 11.5 Å². The van der Waals surface area contributed by atoms with Gasteiger partial charge in [-0.1, -0.05) is 18.2 Å². The number of aliphatic hydroxyl groups is 1. The first-order valence-electron chi connectivity index (χ1n) is 6.57. The van der Waals surface area contributed by atoms with Crippen LogP contribution in [0.25, 0.3) is 0 Å². The molecule has 1 heterocycles. The number of ether oxygens (including phenoxy) is 1. The highest BCUT2D eigenvalue weighted by atomic mass is 16.5. The Hall–Kier alpha value is -2.04. The number of hydrogen-bond donors (Lipinski definition) is 3. The van der Waals surface area contributed by atoms with Crippen LogP contribution < -0.4 is 10.1 Å². The summed E-state index contributed by atoms with van der Waals surface area (Å²) in [5.41, 5.74) is 2.88. The molecule has 1 aliphatic rings. The molecule has 0 bridgehead atoms. The van der Waals surface area contributed by atoms with Crippen LogP contribution >= 0.6 is 0 Å². The number of fused-ring (bicyclic) bond motifs is 1. The highest BCUT2D eigenvalue weighted by Crippen LogP contribution is 2.35. The van der Waals surface area contributed by atoms with E-state index in [-0.39, 0.29) is 11.8 Å². The summed E-state index contributed by atoms with van der Waals surface area (Å²) >= 11 is 0. The largest absolute Gasteiger partial charge is 0.508 e. The van der Waals surface area contributed by atoms with Gasteiger partial charge in [0.15, 0.2) is 0 Å². The lowest BCUT2D eigenvalue weighted by Gasteiger charge is -2.30. The molecule has 2 aromatic rings. The number of benzene rings is 2. The van der Waals surface area contributed by atoms with E-state index >= 15 is 0 Å². The minimum atomic E-state index is -0.591. The summed E-state index contributed by atoms with van der Waals surface area (Å²) in [4.78, 5) is 0. The van der Waals surface area contributed by atoms with E-state index in [9.17, 15) is 10.2 Å². The lowest BCUT2D eigenvalue weighted by Crippen LogP contribution is -2.33. The Balaban J connectivity index is 2.01. The van der Waals surface area contributed by atoms with Crippen molar-refractivity contribution in [2.75, 3.05) is 13.7 Å². The van der Waals surface area contributed by atoms with E-state index in [1.165, 1.54) is 0 Å². The van der Waals surface area contributed by atoms with Gasteiger partial charge in [-0.15, -0.1) is 0 Å². The van der Waals surface area contributed by atoms with Gasteiger partial charge in [0.05, 0.1) is 19.3 Å². The molecule has 2 atom stereocenters. The Kier molecular flexibility index (Phi) is 3.34. The third-order valence-electron chi connectivity index (χ3n) is 3.70. The summed E-state index contributed by atoms with van der Waals surface area (Å²) < 4.78 is 5.17. The van der Waals surface area contributed by atoms with Crippen molar-refractivity contribution in [1.82, 2.24) is 5.32 Å². The number of phenolic OH excluding ortho intramolecular Hbond substituents is 1. The number of aromatic hydroxyl groups is 1. The third-order valence-corrected chi connectivity index (χ3v) is 3.70. The molecule has 0 aromatic heterocycles. The number of rotatable bonds is 2. The van der Waals surface area contributed by atoms with Gasteiger partial charge < -0.3 is 20.3 Å². The average molecular weight is 271 g/mol. The highest BCUT2D eigenvalue weighted by molar-refractivity contribution is 5.45. The summed E-state index contributed by atoms with van der Waals surface area (Å²) in [5.74, 6) is 0.994. The van der Waals surface area contributed by atoms with Crippen LogP contribution in [0.5, 0.6) is 11.5 Å². The van der Waals surface area contributed by atoms with Crippen molar-refractivity contribution in [2.45, 2.75) is 12.1 Å². The summed E-state index contributed by atoms with van der Waals surface area (Å²) in [7, 11) is 1.64. The number of β-amino-alcohol motifs (C(OH)–C–C–N with tert-alkyl or cyclic N) is 1. The van der Waals surface area contributed by atoms with Crippen LogP contribution in [0.3, 0.4) is 0 Å². The topological polar surface area (TPSA) is 61.7 Å². The Labute approximate surface area is 117 Å². The van der Waals surface area contributed by atoms with Crippen molar-refractivity contribution in [3.05, 3.63) is 59.2 Å². The Morgan fingerprint density at radius 1 is 1.10 bits per heavy atom. The standard InChI is InChI=1S/C16H17NO3/c1-20-12-5-2-10(3-6-12)16-13-7-4-11(18)8-14(13)15(19)9-17-16/h2-8,15-19H,9H2,1H3/t15-,16-/m0/s1. The van der Waals surface area contributed by atoms with Gasteiger partial charge in [-0.25, -0.2) is 0 Å². The van der Waals surface area contributed by atoms with Crippen molar-refractivity contribution in [2.24, 2.45) is 0 Å². The normalized spacial score (nSPS) is 21.3. The second-order valence-corrected chi connectivity index (χ2v) is 4.94. The highest BCUT2D eigenvalue weighted by Gasteiger charge is 2.26. The van der Waals surface area contributed by atoms with Crippen molar-refractivity contribution in [3.8, 4) is 11.5 Å². The predicted octanol–water partition coefficient (Wildman–Crippen LogP) is 2.13. The van der Waals surface area contributed by atoms with Crippen LogP contribution in [0, 0.1) is 0 Å². The molecule has 3 N–H and O–H groups in total. The Morgan fingerprint density at radius 3 is 2.55 bits per heavy atom. The number of nitrogens with one attached hydrogen (secondary N) is 1. The quantitative estimate of drug-likeness (QED) is 0.783. The fraction of sp³-hybridized carbons (Fsp3) is 0.250. The molecule has 0 unspecified atom stereocenters. The summed E-state index contributed by atoms with van der Waals surface area (Å²) in [6.07, 6.45) is -0.591. The van der Waals surface area contributed by atoms with E-state index in [1.807, 2.05) is 30.3 Å². The van der Waals surface area contributed by atoms with Crippen LogP contribution in [-0.2, 0) is 0 Å². The summed E-state index contributed by atoms with van der Waals surface area (Å²) in [6.45, 7) is 0.465. The molecule has 4 nitrogen and oxygen atoms in total. The van der Waals surface area contributed by atoms with Crippen LogP contribution in [-0.4, -0.2) is 23.9 Å². The van der Waals surface area contributed by atoms with Crippen molar-refractivity contribution in [3.63, 3.8) is 0 Å². The molecule has 2 aromatic carbocycles. The molecule has 1 aliphatic heterocycles.